The maximum Gasteiger partial charge on any atom is 0.284 e. The molecule has 0 amide bonds. The van der Waals surface area contributed by atoms with Gasteiger partial charge < -0.3 is 4.52 Å². The zero-order chi connectivity index (χ0) is 10.0. The van der Waals surface area contributed by atoms with Crippen LogP contribution in [-0.2, 0) is 0 Å². The van der Waals surface area contributed by atoms with Gasteiger partial charge in [-0.15, -0.1) is 0 Å². The van der Waals surface area contributed by atoms with E-state index in [1.807, 2.05) is 26.0 Å². The van der Waals surface area contributed by atoms with Gasteiger partial charge in [0.2, 0.25) is 0 Å². The Morgan fingerprint density at radius 3 is 2.23 bits per heavy atom. The summed E-state index contributed by atoms with van der Waals surface area (Å²) in [5.74, 6) is 0.542. The zero-order valence-corrected chi connectivity index (χ0v) is 10.3. The van der Waals surface area contributed by atoms with E-state index < -0.39 is 6.85 Å². The molecule has 0 radical (unpaired) electrons. The molecular weight excluding hydrogens is 249 g/mol. The van der Waals surface area contributed by atoms with Crippen LogP contribution in [0.5, 0.6) is 5.75 Å². The molecule has 0 heterocycles. The van der Waals surface area contributed by atoms with Gasteiger partial charge in [0, 0.05) is 0 Å². The topological polar surface area (TPSA) is 9.23 Å². The summed E-state index contributed by atoms with van der Waals surface area (Å²) in [4.78, 5) is 0. The van der Waals surface area contributed by atoms with Crippen LogP contribution in [0.2, 0.25) is 5.02 Å². The second kappa shape index (κ2) is 4.70. The molecule has 1 aromatic carbocycles. The summed E-state index contributed by atoms with van der Waals surface area (Å²) in [6, 6.07) is 3.66. The van der Waals surface area contributed by atoms with Gasteiger partial charge in [-0.2, -0.15) is 0 Å². The van der Waals surface area contributed by atoms with E-state index in [4.69, 9.17) is 38.6 Å². The van der Waals surface area contributed by atoms with Gasteiger partial charge in [0.1, 0.15) is 5.75 Å². The Bertz CT molecular complexity index is 315. The summed E-state index contributed by atoms with van der Waals surface area (Å²) in [6.45, 7) is 2.50. The maximum atomic E-state index is 5.91. The normalized spacial score (nSPS) is 10.6. The lowest BCUT2D eigenvalue weighted by molar-refractivity contribution is 0.637. The Morgan fingerprint density at radius 2 is 1.69 bits per heavy atom. The van der Waals surface area contributed by atoms with Gasteiger partial charge in [-0.1, -0.05) is 11.6 Å². The molecule has 0 saturated heterocycles. The third kappa shape index (κ3) is 3.18. The van der Waals surface area contributed by atoms with Crippen LogP contribution in [0.25, 0.3) is 0 Å². The Balaban J connectivity index is 3.01. The molecule has 0 aromatic heterocycles. The number of rotatable bonds is 2. The molecule has 0 fully saturated rings. The third-order valence-electron chi connectivity index (χ3n) is 1.72. The van der Waals surface area contributed by atoms with E-state index in [1.165, 1.54) is 0 Å². The lowest BCUT2D eigenvalue weighted by atomic mass is 10.1. The smallest absolute Gasteiger partial charge is 0.284 e. The fourth-order valence-electron chi connectivity index (χ4n) is 0.899. The first-order chi connectivity index (χ1) is 6.00. The molecule has 13 heavy (non-hydrogen) atoms. The second-order valence-corrected chi connectivity index (χ2v) is 6.02. The molecular formula is C8H8Cl3OP. The lowest BCUT2D eigenvalue weighted by Gasteiger charge is -2.09. The minimum Gasteiger partial charge on any atom is -0.443 e. The van der Waals surface area contributed by atoms with Crippen LogP contribution in [0.4, 0.5) is 0 Å². The molecule has 0 N–H and O–H groups in total. The lowest BCUT2D eigenvalue weighted by Crippen LogP contribution is -1.85. The van der Waals surface area contributed by atoms with Crippen LogP contribution < -0.4 is 4.52 Å². The van der Waals surface area contributed by atoms with Crippen molar-refractivity contribution in [1.82, 2.24) is 0 Å². The number of halogens is 3. The quantitative estimate of drug-likeness (QED) is 0.674. The SMILES string of the molecule is Cc1cc(Cl)c(OP(Cl)Cl)cc1C. The van der Waals surface area contributed by atoms with Crippen molar-refractivity contribution in [2.24, 2.45) is 0 Å². The summed E-state index contributed by atoms with van der Waals surface area (Å²) < 4.78 is 5.14. The predicted molar refractivity (Wildman–Crippen MR) is 60.2 cm³/mol. The summed E-state index contributed by atoms with van der Waals surface area (Å²) in [6.07, 6.45) is 0. The fourth-order valence-corrected chi connectivity index (χ4v) is 1.96. The van der Waals surface area contributed by atoms with E-state index in [0.29, 0.717) is 10.8 Å². The summed E-state index contributed by atoms with van der Waals surface area (Å²) in [7, 11) is 0. The Hall–Kier alpha value is 0.320. The highest BCUT2D eigenvalue weighted by atomic mass is 35.9. The van der Waals surface area contributed by atoms with Gasteiger partial charge in [-0.25, -0.2) is 0 Å². The van der Waals surface area contributed by atoms with Crippen LogP contribution in [0.15, 0.2) is 12.1 Å². The monoisotopic (exact) mass is 256 g/mol. The van der Waals surface area contributed by atoms with Crippen molar-refractivity contribution in [1.29, 1.82) is 0 Å². The number of benzene rings is 1. The highest BCUT2D eigenvalue weighted by Gasteiger charge is 2.08. The molecule has 0 saturated carbocycles. The summed E-state index contributed by atoms with van der Waals surface area (Å²) in [5, 5.41) is 0.539. The van der Waals surface area contributed by atoms with E-state index in [1.54, 1.807) is 0 Å². The van der Waals surface area contributed by atoms with E-state index in [-0.39, 0.29) is 0 Å². The highest BCUT2D eigenvalue weighted by molar-refractivity contribution is 8.00. The van der Waals surface area contributed by atoms with Crippen molar-refractivity contribution in [2.45, 2.75) is 13.8 Å². The first kappa shape index (κ1) is 11.4. The average Bonchev–Trinajstić information content (AvgIpc) is 1.99. The van der Waals surface area contributed by atoms with Crippen LogP contribution in [-0.4, -0.2) is 0 Å². The molecule has 0 atom stereocenters. The van der Waals surface area contributed by atoms with Crippen molar-refractivity contribution in [3.63, 3.8) is 0 Å². The van der Waals surface area contributed by atoms with E-state index >= 15 is 0 Å². The fraction of sp³-hybridized carbons (Fsp3) is 0.250. The molecule has 1 aromatic rings. The molecule has 1 rings (SSSR count). The van der Waals surface area contributed by atoms with Crippen molar-refractivity contribution >= 4 is 40.9 Å². The molecule has 0 aliphatic rings. The first-order valence-corrected chi connectivity index (χ1v) is 7.02. The Kier molecular flexibility index (Phi) is 4.12. The molecule has 5 heteroatoms. The molecule has 0 bridgehead atoms. The molecule has 0 aliphatic carbocycles. The minimum absolute atomic E-state index is 0.539. The van der Waals surface area contributed by atoms with Crippen molar-refractivity contribution in [2.75, 3.05) is 0 Å². The van der Waals surface area contributed by atoms with E-state index in [9.17, 15) is 0 Å². The van der Waals surface area contributed by atoms with Crippen molar-refractivity contribution in [3.05, 3.63) is 28.3 Å². The molecule has 0 aliphatic heterocycles. The number of hydrogen-bond donors (Lipinski definition) is 0. The van der Waals surface area contributed by atoms with Crippen LogP contribution in [0, 0.1) is 13.8 Å². The summed E-state index contributed by atoms with van der Waals surface area (Å²) >= 11 is 17.0. The number of aryl methyl sites for hydroxylation is 2. The van der Waals surface area contributed by atoms with Gasteiger partial charge in [0.25, 0.3) is 6.85 Å². The first-order valence-electron chi connectivity index (χ1n) is 3.57. The van der Waals surface area contributed by atoms with Gasteiger partial charge in [-0.3, -0.25) is 0 Å². The molecule has 72 valence electrons. The van der Waals surface area contributed by atoms with E-state index in [2.05, 4.69) is 0 Å². The van der Waals surface area contributed by atoms with Gasteiger partial charge in [0.05, 0.1) is 5.02 Å². The zero-order valence-electron chi connectivity index (χ0n) is 7.14. The molecule has 0 spiro atoms. The number of hydrogen-bond acceptors (Lipinski definition) is 1. The van der Waals surface area contributed by atoms with Gasteiger partial charge in [0.15, 0.2) is 0 Å². The van der Waals surface area contributed by atoms with Crippen LogP contribution >= 0.6 is 40.9 Å². The average molecular weight is 257 g/mol. The standard InChI is InChI=1S/C8H8Cl3OP/c1-5-3-7(9)8(4-6(5)2)12-13(10)11/h3-4H,1-2H3. The second-order valence-electron chi connectivity index (χ2n) is 2.66. The molecule has 1 nitrogen and oxygen atoms in total. The summed E-state index contributed by atoms with van der Waals surface area (Å²) in [5.41, 5.74) is 2.22. The van der Waals surface area contributed by atoms with Crippen LogP contribution in [0.1, 0.15) is 11.1 Å². The Labute approximate surface area is 93.4 Å². The highest BCUT2D eigenvalue weighted by Crippen LogP contribution is 2.49. The largest absolute Gasteiger partial charge is 0.443 e. The van der Waals surface area contributed by atoms with E-state index in [0.717, 1.165) is 11.1 Å². The minimum atomic E-state index is -1.45. The Morgan fingerprint density at radius 1 is 1.15 bits per heavy atom. The van der Waals surface area contributed by atoms with Crippen LogP contribution in [0.3, 0.4) is 0 Å². The maximum absolute atomic E-state index is 5.91. The molecule has 0 unspecified atom stereocenters. The van der Waals surface area contributed by atoms with Gasteiger partial charge in [-0.05, 0) is 59.6 Å². The van der Waals surface area contributed by atoms with Gasteiger partial charge >= 0.3 is 0 Å². The predicted octanol–water partition coefficient (Wildman–Crippen LogP) is 5.04. The van der Waals surface area contributed by atoms with Crippen molar-refractivity contribution < 1.29 is 4.52 Å². The third-order valence-corrected chi connectivity index (χ3v) is 2.76. The van der Waals surface area contributed by atoms with Crippen molar-refractivity contribution in [3.8, 4) is 5.75 Å².